The van der Waals surface area contributed by atoms with Crippen LogP contribution in [0.2, 0.25) is 0 Å². The van der Waals surface area contributed by atoms with Crippen molar-refractivity contribution in [2.75, 3.05) is 19.9 Å². The van der Waals surface area contributed by atoms with Crippen LogP contribution in [0.15, 0.2) is 240 Å². The molecule has 8 aromatic rings. The number of ether oxygens (including phenoxy) is 3. The number of rotatable bonds is 15. The summed E-state index contributed by atoms with van der Waals surface area (Å²) < 4.78 is 51.8. The molecular formula is C68H74O14P2S2. The van der Waals surface area contributed by atoms with Gasteiger partial charge >= 0.3 is 17.9 Å². The van der Waals surface area contributed by atoms with E-state index in [9.17, 15) is 42.8 Å². The summed E-state index contributed by atoms with van der Waals surface area (Å²) in [6.07, 6.45) is 3.81. The summed E-state index contributed by atoms with van der Waals surface area (Å²) in [6.45, 7) is 8.47. The molecule has 4 atom stereocenters. The van der Waals surface area contributed by atoms with E-state index in [2.05, 4.69) is 209 Å². The number of hydrogen-bond donors (Lipinski definition) is 2. The largest absolute Gasteiger partial charge is 0.744 e. The van der Waals surface area contributed by atoms with Crippen LogP contribution < -0.4 is 37.1 Å². The van der Waals surface area contributed by atoms with Gasteiger partial charge in [0.2, 0.25) is 0 Å². The van der Waals surface area contributed by atoms with Crippen molar-refractivity contribution >= 4 is 86.4 Å². The Bertz CT molecular complexity index is 3090. The van der Waals surface area contributed by atoms with E-state index in [0.29, 0.717) is 54.8 Å². The van der Waals surface area contributed by atoms with Gasteiger partial charge in [0.1, 0.15) is 68.7 Å². The van der Waals surface area contributed by atoms with Gasteiger partial charge in [-0.15, -0.1) is 0 Å². The van der Waals surface area contributed by atoms with Crippen LogP contribution in [0.25, 0.3) is 0 Å². The molecule has 0 aromatic heterocycles. The first-order valence-electron chi connectivity index (χ1n) is 28.3. The zero-order valence-corrected chi connectivity index (χ0v) is 52.0. The van der Waals surface area contributed by atoms with Crippen LogP contribution in [-0.4, -0.2) is 85.4 Å². The number of carbonyl (C=O) groups is 3. The molecule has 8 aromatic carbocycles. The molecule has 0 bridgehead atoms. The summed E-state index contributed by atoms with van der Waals surface area (Å²) in [5.41, 5.74) is 0.321. The topological polar surface area (TPSA) is 218 Å². The Morgan fingerprint density at radius 3 is 1.12 bits per heavy atom. The minimum atomic E-state index is -4.61. The Hall–Kier alpha value is -6.91. The number of carbonyl (C=O) groups excluding carboxylic acids is 3. The summed E-state index contributed by atoms with van der Waals surface area (Å²) in [5.74, 6) is -1.44. The van der Waals surface area contributed by atoms with Crippen LogP contribution in [0.4, 0.5) is 0 Å². The van der Waals surface area contributed by atoms with Gasteiger partial charge in [0, 0.05) is 11.8 Å². The molecule has 0 amide bonds. The van der Waals surface area contributed by atoms with Crippen molar-refractivity contribution in [3.05, 3.63) is 242 Å². The van der Waals surface area contributed by atoms with Crippen molar-refractivity contribution in [3.8, 4) is 0 Å². The van der Waals surface area contributed by atoms with E-state index in [4.69, 9.17) is 9.47 Å². The summed E-state index contributed by atoms with van der Waals surface area (Å²) in [7, 11) is -7.66. The summed E-state index contributed by atoms with van der Waals surface area (Å²) in [4.78, 5) is 33.8. The van der Waals surface area contributed by atoms with Gasteiger partial charge in [-0.25, -0.2) is 18.0 Å². The van der Waals surface area contributed by atoms with Gasteiger partial charge in [0.05, 0.1) is 60.2 Å². The molecule has 2 saturated carbocycles. The van der Waals surface area contributed by atoms with E-state index in [-0.39, 0.29) is 11.5 Å². The van der Waals surface area contributed by atoms with Crippen molar-refractivity contribution in [1.29, 1.82) is 0 Å². The lowest BCUT2D eigenvalue weighted by molar-refractivity contribution is -0.777. The van der Waals surface area contributed by atoms with Gasteiger partial charge in [0.25, 0.3) is 0 Å². The minimum absolute atomic E-state index is 0.0142. The molecule has 2 fully saturated rings. The first-order chi connectivity index (χ1) is 41.5. The standard InChI is InChI=1S/2C19H18P.2C13H16O6S.C4H8O2/c2*1-20(17-11-5-2-6-12-17,18-13-7-3-8-14-18)19-15-9-4-10-16-19;14-11-6-1-2-7-12(11)19-13(15)9-4-3-5-10(8-9)20(16,17)18;14-11-6-1-2-7-12(11)17-13(15)9-4-3-5-10(8-9)20-19-18-16;1-3-6-4(2)5/h2*2-16H,1H3;3-5,8,11-12,14H,1-2,6-7H2,(H,16,17,18);3-5,8,11-12,14,16H,1-2,6-7H2;3H2,1-2H3/q2*+1;;;/p-2. The van der Waals surface area contributed by atoms with Gasteiger partial charge in [-0.1, -0.05) is 134 Å². The quantitative estimate of drug-likeness (QED) is 0.0186. The lowest BCUT2D eigenvalue weighted by Crippen LogP contribution is -2.34. The van der Waals surface area contributed by atoms with Crippen molar-refractivity contribution in [2.24, 2.45) is 0 Å². The third-order valence-electron chi connectivity index (χ3n) is 14.4. The Kier molecular flexibility index (Phi) is 27.8. The lowest BCUT2D eigenvalue weighted by atomic mass is 9.95. The average molecular weight is 1240 g/mol. The Balaban J connectivity index is 0.000000178. The molecule has 0 saturated heterocycles. The molecule has 18 heteroatoms. The highest BCUT2D eigenvalue weighted by molar-refractivity contribution is 7.95. The van der Waals surface area contributed by atoms with Gasteiger partial charge in [-0.05, 0) is 155 Å². The number of benzene rings is 8. The zero-order chi connectivity index (χ0) is 61.8. The molecule has 2 aliphatic carbocycles. The van der Waals surface area contributed by atoms with Crippen molar-refractivity contribution in [3.63, 3.8) is 0 Å². The lowest BCUT2D eigenvalue weighted by Gasteiger charge is -2.27. The molecule has 0 heterocycles. The molecule has 2 N–H and O–H groups in total. The van der Waals surface area contributed by atoms with Crippen LogP contribution in [0.3, 0.4) is 0 Å². The second-order valence-electron chi connectivity index (χ2n) is 20.3. The van der Waals surface area contributed by atoms with Crippen LogP contribution in [-0.2, 0) is 38.5 Å². The normalized spacial score (nSPS) is 16.4. The SMILES string of the molecule is CCOC(C)=O.C[P+](c1ccccc1)(c1ccccc1)c1ccccc1.C[P+](c1ccccc1)(c1ccccc1)c1ccccc1.O=C(OC1CCCCC1O)c1cccc(S(=O)(=O)[O-])c1.O=C(OC1CCCCC1O)c1cccc(SOO[O-])c1. The predicted octanol–water partition coefficient (Wildman–Crippen LogP) is 10.2. The molecular weight excluding hydrogens is 1170 g/mol. The van der Waals surface area contributed by atoms with Crippen LogP contribution >= 0.6 is 26.6 Å². The molecule has 0 radical (unpaired) electrons. The highest BCUT2D eigenvalue weighted by atomic mass is 32.2. The smallest absolute Gasteiger partial charge is 0.338 e. The number of hydrogen-bond acceptors (Lipinski definition) is 15. The molecule has 2 aliphatic rings. The van der Waals surface area contributed by atoms with E-state index >= 15 is 0 Å². The van der Waals surface area contributed by atoms with Gasteiger partial charge in [-0.2, -0.15) is 4.33 Å². The average Bonchev–Trinajstić information content (AvgIpc) is 1.50. The first kappa shape index (κ1) is 68.2. The second-order valence-corrected chi connectivity index (χ2v) is 29.5. The maximum Gasteiger partial charge on any atom is 0.338 e. The number of aliphatic hydroxyl groups excluding tert-OH is 2. The molecule has 4 unspecified atom stereocenters. The fourth-order valence-corrected chi connectivity index (χ4v) is 17.1. The molecule has 0 spiro atoms. The zero-order valence-electron chi connectivity index (χ0n) is 48.6. The Morgan fingerprint density at radius 2 is 0.826 bits per heavy atom. The fraction of sp³-hybridized carbons (Fsp3) is 0.250. The highest BCUT2D eigenvalue weighted by Crippen LogP contribution is 2.52. The molecule has 86 heavy (non-hydrogen) atoms. The van der Waals surface area contributed by atoms with E-state index < -0.39 is 65.9 Å². The summed E-state index contributed by atoms with van der Waals surface area (Å²) in [5, 5.41) is 41.1. The van der Waals surface area contributed by atoms with Gasteiger partial charge in [0.15, 0.2) is 0 Å². The fourth-order valence-electron chi connectivity index (χ4n) is 9.80. The molecule has 0 aliphatic heterocycles. The van der Waals surface area contributed by atoms with Crippen LogP contribution in [0.5, 0.6) is 0 Å². The van der Waals surface area contributed by atoms with Crippen molar-refractivity contribution < 1.29 is 66.4 Å². The number of esters is 3. The molecule has 10 rings (SSSR count). The minimum Gasteiger partial charge on any atom is -0.744 e. The third-order valence-corrected chi connectivity index (χ3v) is 23.8. The highest BCUT2D eigenvalue weighted by Gasteiger charge is 2.41. The van der Waals surface area contributed by atoms with Gasteiger partial charge in [-0.3, -0.25) is 9.83 Å². The Morgan fingerprint density at radius 1 is 0.500 bits per heavy atom. The van der Waals surface area contributed by atoms with E-state index in [1.807, 2.05) is 0 Å². The molecule has 452 valence electrons. The molecule has 14 nitrogen and oxygen atoms in total. The number of aliphatic hydroxyl groups is 2. The summed E-state index contributed by atoms with van der Waals surface area (Å²) in [6, 6.07) is 76.5. The van der Waals surface area contributed by atoms with Crippen LogP contribution in [0, 0.1) is 0 Å². The van der Waals surface area contributed by atoms with Crippen molar-refractivity contribution in [2.45, 2.75) is 99.4 Å². The maximum absolute atomic E-state index is 12.0. The second kappa shape index (κ2) is 35.0. The monoisotopic (exact) mass is 1240 g/mol. The van der Waals surface area contributed by atoms with Crippen LogP contribution in [0.1, 0.15) is 85.9 Å². The van der Waals surface area contributed by atoms with E-state index in [1.165, 1.54) is 57.0 Å². The summed E-state index contributed by atoms with van der Waals surface area (Å²) >= 11 is 0.707. The van der Waals surface area contributed by atoms with E-state index in [0.717, 1.165) is 37.8 Å². The van der Waals surface area contributed by atoms with E-state index in [1.54, 1.807) is 25.1 Å². The van der Waals surface area contributed by atoms with Crippen molar-refractivity contribution in [1.82, 2.24) is 0 Å². The third kappa shape index (κ3) is 20.4. The first-order valence-corrected chi connectivity index (χ1v) is 34.9. The Labute approximate surface area is 511 Å². The maximum atomic E-state index is 12.0. The van der Waals surface area contributed by atoms with Gasteiger partial charge < -0.3 is 34.2 Å². The predicted molar refractivity (Wildman–Crippen MR) is 341 cm³/mol.